The molecule has 0 bridgehead atoms. The molecule has 1 aromatic rings. The quantitative estimate of drug-likeness (QED) is 0.510. The van der Waals surface area contributed by atoms with Crippen LogP contribution in [0.2, 0.25) is 5.02 Å². The predicted molar refractivity (Wildman–Crippen MR) is 94.8 cm³/mol. The number of carbonyl (C=O) groups is 1. The molecule has 0 spiro atoms. The molecule has 0 amide bonds. The average molecular weight is 339 g/mol. The molecule has 0 N–H and O–H groups in total. The second-order valence-corrected chi connectivity index (χ2v) is 7.11. The number of benzene rings is 1. The van der Waals surface area contributed by atoms with Gasteiger partial charge in [0.05, 0.1) is 11.2 Å². The van der Waals surface area contributed by atoms with Crippen LogP contribution < -0.4 is 0 Å². The lowest BCUT2D eigenvalue weighted by Crippen LogP contribution is -2.41. The number of carbonyl (C=O) groups excluding carboxylic acids is 1. The summed E-state index contributed by atoms with van der Waals surface area (Å²) in [6.07, 6.45) is 2.67. The van der Waals surface area contributed by atoms with E-state index in [1.807, 2.05) is 33.8 Å². The highest BCUT2D eigenvalue weighted by molar-refractivity contribution is 7.80. The zero-order chi connectivity index (χ0) is 16.5. The lowest BCUT2D eigenvalue weighted by atomic mass is 9.78. The Balaban J connectivity index is 2.36. The summed E-state index contributed by atoms with van der Waals surface area (Å²) >= 11 is 10.3. The summed E-state index contributed by atoms with van der Waals surface area (Å²) in [6.45, 7) is 8.01. The van der Waals surface area contributed by atoms with Crippen molar-refractivity contribution in [3.8, 4) is 0 Å². The summed E-state index contributed by atoms with van der Waals surface area (Å²) in [6, 6.07) is 5.20. The topological polar surface area (TPSA) is 35.5 Å². The summed E-state index contributed by atoms with van der Waals surface area (Å²) in [5.41, 5.74) is 1.36. The third kappa shape index (κ3) is 3.43. The molecule has 3 nitrogen and oxygen atoms in total. The maximum Gasteiger partial charge on any atom is 0.491 e. The van der Waals surface area contributed by atoms with Gasteiger partial charge in [-0.05, 0) is 50.9 Å². The van der Waals surface area contributed by atoms with E-state index in [0.29, 0.717) is 16.3 Å². The smallest absolute Gasteiger partial charge is 0.400 e. The highest BCUT2D eigenvalue weighted by atomic mass is 35.5. The molecule has 1 saturated heterocycles. The Bertz CT molecular complexity index is 597. The predicted octanol–water partition coefficient (Wildman–Crippen LogP) is 4.10. The fourth-order valence-corrected chi connectivity index (χ4v) is 2.58. The van der Waals surface area contributed by atoms with Gasteiger partial charge in [0.25, 0.3) is 0 Å². The molecule has 0 unspecified atom stereocenters. The third-order valence-corrected chi connectivity index (χ3v) is 4.86. The van der Waals surface area contributed by atoms with Crippen LogP contribution in [-0.4, -0.2) is 30.4 Å². The van der Waals surface area contributed by atoms with Gasteiger partial charge in [0, 0.05) is 16.3 Å². The molecule has 1 aliphatic heterocycles. The highest BCUT2D eigenvalue weighted by Crippen LogP contribution is 2.39. The lowest BCUT2D eigenvalue weighted by Gasteiger charge is -2.32. The molecule has 6 heteroatoms. The fraction of sp³-hybridized carbons (Fsp3) is 0.438. The first-order chi connectivity index (χ1) is 10.2. The van der Waals surface area contributed by atoms with Gasteiger partial charge >= 0.3 is 7.12 Å². The normalized spacial score (nSPS) is 20.3. The van der Waals surface area contributed by atoms with E-state index in [0.717, 1.165) is 17.3 Å². The first kappa shape index (κ1) is 17.6. The standard InChI is InChI=1S/C16H20BClO3S/c1-15(2)16(3,4)21-17(20-15)13(10-22)7-11-5-6-14(18)8-12(11)9-19/h5-9,22H,10H2,1-4H3. The summed E-state index contributed by atoms with van der Waals surface area (Å²) < 4.78 is 12.1. The number of hydrogen-bond donors (Lipinski definition) is 1. The largest absolute Gasteiger partial charge is 0.491 e. The second-order valence-electron chi connectivity index (χ2n) is 6.36. The first-order valence-corrected chi connectivity index (χ1v) is 8.13. The van der Waals surface area contributed by atoms with Crippen LogP contribution in [0.4, 0.5) is 0 Å². The molecular weight excluding hydrogens is 319 g/mol. The van der Waals surface area contributed by atoms with Crippen LogP contribution in [0.3, 0.4) is 0 Å². The molecule has 1 aromatic carbocycles. The van der Waals surface area contributed by atoms with E-state index in [2.05, 4.69) is 12.6 Å². The summed E-state index contributed by atoms with van der Waals surface area (Å²) in [7, 11) is -0.474. The zero-order valence-corrected chi connectivity index (χ0v) is 14.9. The van der Waals surface area contributed by atoms with E-state index in [1.165, 1.54) is 0 Å². The van der Waals surface area contributed by atoms with Gasteiger partial charge < -0.3 is 9.31 Å². The second kappa shape index (κ2) is 6.40. The van der Waals surface area contributed by atoms with Crippen LogP contribution in [0.1, 0.15) is 43.6 Å². The van der Waals surface area contributed by atoms with E-state index in [1.54, 1.807) is 18.2 Å². The Labute approximate surface area is 142 Å². The molecule has 0 radical (unpaired) electrons. The molecule has 0 aliphatic carbocycles. The molecule has 118 valence electrons. The Kier molecular flexibility index (Phi) is 5.12. The Morgan fingerprint density at radius 3 is 2.32 bits per heavy atom. The van der Waals surface area contributed by atoms with Gasteiger partial charge in [0.15, 0.2) is 6.29 Å². The minimum atomic E-state index is -0.474. The maximum absolute atomic E-state index is 11.2. The van der Waals surface area contributed by atoms with Gasteiger partial charge in [-0.15, -0.1) is 0 Å². The monoisotopic (exact) mass is 338 g/mol. The number of halogens is 1. The van der Waals surface area contributed by atoms with Crippen LogP contribution in [0.5, 0.6) is 0 Å². The third-order valence-electron chi connectivity index (χ3n) is 4.26. The van der Waals surface area contributed by atoms with E-state index in [9.17, 15) is 4.79 Å². The Hall–Kier alpha value is -0.745. The maximum atomic E-state index is 11.2. The van der Waals surface area contributed by atoms with Crippen LogP contribution in [0.25, 0.3) is 6.08 Å². The fourth-order valence-electron chi connectivity index (χ4n) is 2.16. The molecule has 1 fully saturated rings. The summed E-state index contributed by atoms with van der Waals surface area (Å²) in [5, 5.41) is 0.530. The number of aldehydes is 1. The van der Waals surface area contributed by atoms with Crippen LogP contribution in [0.15, 0.2) is 23.7 Å². The van der Waals surface area contributed by atoms with Crippen molar-refractivity contribution in [2.75, 3.05) is 5.75 Å². The minimum absolute atomic E-state index is 0.410. The van der Waals surface area contributed by atoms with Crippen molar-refractivity contribution in [3.63, 3.8) is 0 Å². The molecule has 1 aliphatic rings. The van der Waals surface area contributed by atoms with Crippen LogP contribution in [-0.2, 0) is 9.31 Å². The molecule has 2 rings (SSSR count). The van der Waals surface area contributed by atoms with E-state index in [4.69, 9.17) is 20.9 Å². The van der Waals surface area contributed by atoms with Crippen molar-refractivity contribution in [2.24, 2.45) is 0 Å². The van der Waals surface area contributed by atoms with Crippen LogP contribution >= 0.6 is 24.2 Å². The first-order valence-electron chi connectivity index (χ1n) is 7.12. The summed E-state index contributed by atoms with van der Waals surface area (Å²) in [5.74, 6) is 0.470. The van der Waals surface area contributed by atoms with Crippen molar-refractivity contribution in [1.82, 2.24) is 0 Å². The van der Waals surface area contributed by atoms with E-state index in [-0.39, 0.29) is 0 Å². The zero-order valence-electron chi connectivity index (χ0n) is 13.2. The summed E-state index contributed by atoms with van der Waals surface area (Å²) in [4.78, 5) is 11.2. The van der Waals surface area contributed by atoms with Gasteiger partial charge in [0.2, 0.25) is 0 Å². The number of hydrogen-bond acceptors (Lipinski definition) is 4. The van der Waals surface area contributed by atoms with Gasteiger partial charge in [-0.1, -0.05) is 23.7 Å². The van der Waals surface area contributed by atoms with Crippen molar-refractivity contribution in [1.29, 1.82) is 0 Å². The van der Waals surface area contributed by atoms with E-state index >= 15 is 0 Å². The lowest BCUT2D eigenvalue weighted by molar-refractivity contribution is 0.00578. The highest BCUT2D eigenvalue weighted by Gasteiger charge is 2.52. The van der Waals surface area contributed by atoms with Crippen molar-refractivity contribution in [3.05, 3.63) is 39.8 Å². The Morgan fingerprint density at radius 1 is 1.23 bits per heavy atom. The molecule has 0 aromatic heterocycles. The molecular formula is C16H20BClO3S. The SMILES string of the molecule is CC1(C)OB(C(=Cc2ccc(Cl)cc2C=O)CS)OC1(C)C. The number of rotatable bonds is 4. The van der Waals surface area contributed by atoms with Crippen molar-refractivity contribution in [2.45, 2.75) is 38.9 Å². The minimum Gasteiger partial charge on any atom is -0.400 e. The van der Waals surface area contributed by atoms with Gasteiger partial charge in [0.1, 0.15) is 0 Å². The van der Waals surface area contributed by atoms with Gasteiger partial charge in [-0.25, -0.2) is 0 Å². The molecule has 1 heterocycles. The number of thiol groups is 1. The van der Waals surface area contributed by atoms with Crippen LogP contribution in [0, 0.1) is 0 Å². The average Bonchev–Trinajstić information content (AvgIpc) is 2.65. The van der Waals surface area contributed by atoms with Gasteiger partial charge in [-0.3, -0.25) is 4.79 Å². The molecule has 0 saturated carbocycles. The van der Waals surface area contributed by atoms with Gasteiger partial charge in [-0.2, -0.15) is 12.6 Å². The van der Waals surface area contributed by atoms with Crippen molar-refractivity contribution < 1.29 is 14.1 Å². The molecule has 0 atom stereocenters. The molecule has 22 heavy (non-hydrogen) atoms. The van der Waals surface area contributed by atoms with Crippen molar-refractivity contribution >= 4 is 43.7 Å². The van der Waals surface area contributed by atoms with E-state index < -0.39 is 18.3 Å². The Morgan fingerprint density at radius 2 is 1.82 bits per heavy atom.